The maximum atomic E-state index is 16.6. The lowest BCUT2D eigenvalue weighted by Crippen LogP contribution is -2.61. The van der Waals surface area contributed by atoms with Crippen molar-refractivity contribution >= 4 is 16.7 Å². The van der Waals surface area contributed by atoms with Gasteiger partial charge in [-0.25, -0.2) is 13.7 Å². The maximum Gasteiger partial charge on any atom is 0.319 e. The number of halogens is 3. The number of piperazine rings is 1. The number of aliphatic hydroxyl groups is 3. The van der Waals surface area contributed by atoms with Crippen molar-refractivity contribution in [3.63, 3.8) is 0 Å². The van der Waals surface area contributed by atoms with Gasteiger partial charge in [-0.05, 0) is 50.5 Å². The van der Waals surface area contributed by atoms with Gasteiger partial charge in [0, 0.05) is 61.5 Å². The number of aromatic hydroxyl groups is 1. The fraction of sp³-hybridized carbons (Fsp3) is 0.581. The van der Waals surface area contributed by atoms with Crippen LogP contribution >= 0.6 is 0 Å². The number of fused-ring (bicyclic) bond motifs is 5. The SMILES string of the molecule is CF.Oc1cc(F)c(C2CC2)c(-c2ncc3c(N4CC5CCC4CN5)nc(OCC45CCC(O)(O)N4CC(O)C5)nc3c2F)c1. The average Bonchev–Trinajstić information content (AvgIpc) is 3.76. The summed E-state index contributed by atoms with van der Waals surface area (Å²) in [7, 11) is 0.500. The van der Waals surface area contributed by atoms with Crippen LogP contribution < -0.4 is 15.0 Å². The molecule has 9 rings (SSSR count). The number of rotatable bonds is 6. The zero-order valence-corrected chi connectivity index (χ0v) is 24.9. The van der Waals surface area contributed by atoms with Crippen LogP contribution in [0.25, 0.3) is 22.2 Å². The summed E-state index contributed by atoms with van der Waals surface area (Å²) < 4.78 is 47.2. The van der Waals surface area contributed by atoms with Crippen LogP contribution in [0.4, 0.5) is 19.0 Å². The summed E-state index contributed by atoms with van der Waals surface area (Å²) >= 11 is 0. The summed E-state index contributed by atoms with van der Waals surface area (Å²) in [6.07, 6.45) is 5.06. The number of hydrogen-bond acceptors (Lipinski definition) is 11. The first-order chi connectivity index (χ1) is 21.6. The molecule has 0 radical (unpaired) electrons. The van der Waals surface area contributed by atoms with Crippen molar-refractivity contribution in [1.82, 2.24) is 25.2 Å². The molecule has 2 aromatic heterocycles. The Balaban J connectivity index is 0.00000160. The van der Waals surface area contributed by atoms with Crippen molar-refractivity contribution < 1.29 is 38.3 Å². The molecule has 1 aliphatic carbocycles. The van der Waals surface area contributed by atoms with E-state index in [1.165, 1.54) is 17.2 Å². The Kier molecular flexibility index (Phi) is 7.55. The predicted octanol–water partition coefficient (Wildman–Crippen LogP) is 2.70. The number of nitrogens with one attached hydrogen (secondary N) is 1. The molecule has 5 N–H and O–H groups in total. The Labute approximate surface area is 257 Å². The molecule has 6 fully saturated rings. The van der Waals surface area contributed by atoms with Gasteiger partial charge in [0.1, 0.15) is 35.2 Å². The summed E-state index contributed by atoms with van der Waals surface area (Å²) in [4.78, 5) is 17.3. The molecule has 4 atom stereocenters. The molecular formula is C31H37F3N6O5. The van der Waals surface area contributed by atoms with E-state index in [1.54, 1.807) is 0 Å². The third kappa shape index (κ3) is 5.16. The minimum atomic E-state index is -2.06. The van der Waals surface area contributed by atoms with Crippen molar-refractivity contribution in [2.75, 3.05) is 38.3 Å². The molecule has 2 bridgehead atoms. The number of anilines is 1. The number of ether oxygens (including phenoxy) is 1. The van der Waals surface area contributed by atoms with Gasteiger partial charge in [0.2, 0.25) is 5.91 Å². The van der Waals surface area contributed by atoms with E-state index in [1.807, 2.05) is 0 Å². The van der Waals surface area contributed by atoms with Gasteiger partial charge in [0.25, 0.3) is 0 Å². The number of piperidine rings is 2. The fourth-order valence-electron chi connectivity index (χ4n) is 7.77. The molecule has 5 aliphatic heterocycles. The molecule has 14 heteroatoms. The molecule has 4 unspecified atom stereocenters. The molecular weight excluding hydrogens is 593 g/mol. The third-order valence-electron chi connectivity index (χ3n) is 10.0. The minimum absolute atomic E-state index is 0.0317. The smallest absolute Gasteiger partial charge is 0.319 e. The first kappa shape index (κ1) is 30.4. The zero-order chi connectivity index (χ0) is 31.7. The van der Waals surface area contributed by atoms with Crippen LogP contribution in [0.5, 0.6) is 11.8 Å². The number of phenols is 1. The van der Waals surface area contributed by atoms with Crippen LogP contribution in [-0.2, 0) is 0 Å². The van der Waals surface area contributed by atoms with E-state index >= 15 is 8.78 Å². The number of aromatic nitrogens is 3. The van der Waals surface area contributed by atoms with Crippen LogP contribution in [0.2, 0.25) is 0 Å². The summed E-state index contributed by atoms with van der Waals surface area (Å²) in [6.45, 7) is 1.50. The predicted molar refractivity (Wildman–Crippen MR) is 157 cm³/mol. The highest BCUT2D eigenvalue weighted by Gasteiger charge is 2.59. The number of pyridine rings is 1. The van der Waals surface area contributed by atoms with Gasteiger partial charge in [-0.2, -0.15) is 9.97 Å². The molecule has 7 heterocycles. The zero-order valence-electron chi connectivity index (χ0n) is 24.9. The van der Waals surface area contributed by atoms with Gasteiger partial charge in [-0.15, -0.1) is 0 Å². The van der Waals surface area contributed by atoms with Gasteiger partial charge < -0.3 is 35.4 Å². The average molecular weight is 631 g/mol. The van der Waals surface area contributed by atoms with E-state index in [2.05, 4.69) is 20.2 Å². The van der Waals surface area contributed by atoms with Gasteiger partial charge in [-0.3, -0.25) is 9.37 Å². The highest BCUT2D eigenvalue weighted by atomic mass is 19.1. The highest BCUT2D eigenvalue weighted by Crippen LogP contribution is 2.48. The second-order valence-electron chi connectivity index (χ2n) is 12.9. The van der Waals surface area contributed by atoms with Crippen molar-refractivity contribution in [3.05, 3.63) is 35.5 Å². The second kappa shape index (κ2) is 11.2. The van der Waals surface area contributed by atoms with E-state index < -0.39 is 29.2 Å². The van der Waals surface area contributed by atoms with E-state index in [4.69, 9.17) is 9.72 Å². The Morgan fingerprint density at radius 2 is 1.87 bits per heavy atom. The monoisotopic (exact) mass is 630 g/mol. The van der Waals surface area contributed by atoms with E-state index in [0.29, 0.717) is 36.9 Å². The van der Waals surface area contributed by atoms with Crippen LogP contribution in [0.1, 0.15) is 56.4 Å². The molecule has 5 saturated heterocycles. The quantitative estimate of drug-likeness (QED) is 0.256. The minimum Gasteiger partial charge on any atom is -0.508 e. The number of phenolic OH excluding ortho intramolecular Hbond substituents is 1. The highest BCUT2D eigenvalue weighted by molar-refractivity contribution is 5.92. The molecule has 11 nitrogen and oxygen atoms in total. The van der Waals surface area contributed by atoms with Gasteiger partial charge in [0.15, 0.2) is 5.82 Å². The van der Waals surface area contributed by atoms with Gasteiger partial charge >= 0.3 is 6.01 Å². The topological polar surface area (TPSA) is 147 Å². The van der Waals surface area contributed by atoms with Crippen molar-refractivity contribution in [2.24, 2.45) is 0 Å². The summed E-state index contributed by atoms with van der Waals surface area (Å²) in [6, 6.07) is 2.71. The molecule has 3 aromatic rings. The lowest BCUT2D eigenvalue weighted by Gasteiger charge is -2.46. The maximum absolute atomic E-state index is 16.6. The van der Waals surface area contributed by atoms with Crippen molar-refractivity contribution in [1.29, 1.82) is 0 Å². The summed E-state index contributed by atoms with van der Waals surface area (Å²) in [5, 5.41) is 45.5. The van der Waals surface area contributed by atoms with Crippen LogP contribution in [0.3, 0.4) is 0 Å². The summed E-state index contributed by atoms with van der Waals surface area (Å²) in [5.74, 6) is -3.30. The van der Waals surface area contributed by atoms with Crippen LogP contribution in [-0.4, -0.2) is 103 Å². The first-order valence-electron chi connectivity index (χ1n) is 15.4. The van der Waals surface area contributed by atoms with E-state index in [-0.39, 0.29) is 72.5 Å². The van der Waals surface area contributed by atoms with Gasteiger partial charge in [0.05, 0.1) is 24.2 Å². The molecule has 0 amide bonds. The number of alkyl halides is 1. The Bertz CT molecular complexity index is 1620. The molecule has 242 valence electrons. The van der Waals surface area contributed by atoms with Crippen LogP contribution in [0, 0.1) is 11.6 Å². The molecule has 1 saturated carbocycles. The summed E-state index contributed by atoms with van der Waals surface area (Å²) in [5.41, 5.74) is -0.436. The largest absolute Gasteiger partial charge is 0.508 e. The Hall–Kier alpha value is -3.30. The molecule has 45 heavy (non-hydrogen) atoms. The fourth-order valence-corrected chi connectivity index (χ4v) is 7.77. The number of β-amino-alcohol motifs (C(OH)–C–C–N with tert-alkyl or cyclic N) is 1. The van der Waals surface area contributed by atoms with Gasteiger partial charge in [-0.1, -0.05) is 0 Å². The number of hydrogen-bond donors (Lipinski definition) is 5. The second-order valence-corrected chi connectivity index (χ2v) is 12.9. The lowest BCUT2D eigenvalue weighted by molar-refractivity contribution is -0.257. The number of nitrogens with zero attached hydrogens (tertiary/aromatic N) is 5. The standard InChI is InChI=1S/C30H34F2N6O5.CH3F/c31-22-8-18(39)7-20(23(22)15-1-2-15)25-24(32)26-21(11-34-25)27(37-12-16-3-4-17(37)10-33-16)36-28(35-26)43-14-29-5-6-30(41,42)38(29)13-19(40)9-29;1-2/h7-8,11,15-17,19,33,39-42H,1-6,9-10,12-14H2;1H3. The Morgan fingerprint density at radius 1 is 1.07 bits per heavy atom. The number of aliphatic hydroxyl groups excluding tert-OH is 1. The lowest BCUT2D eigenvalue weighted by atomic mass is 9.93. The molecule has 6 aliphatic rings. The first-order valence-corrected chi connectivity index (χ1v) is 15.4. The number of benzene rings is 1. The molecule has 0 spiro atoms. The normalized spacial score (nSPS) is 28.7. The molecule has 1 aromatic carbocycles. The third-order valence-corrected chi connectivity index (χ3v) is 10.0. The Morgan fingerprint density at radius 3 is 2.56 bits per heavy atom. The van der Waals surface area contributed by atoms with Crippen molar-refractivity contribution in [3.8, 4) is 23.0 Å². The van der Waals surface area contributed by atoms with Crippen molar-refractivity contribution in [2.45, 2.75) is 80.5 Å². The van der Waals surface area contributed by atoms with Crippen LogP contribution in [0.15, 0.2) is 18.3 Å². The van der Waals surface area contributed by atoms with E-state index in [9.17, 15) is 24.8 Å². The van der Waals surface area contributed by atoms with E-state index in [0.717, 1.165) is 38.3 Å².